The monoisotopic (exact) mass is 406 g/mol. The molecule has 2 unspecified atom stereocenters. The lowest BCUT2D eigenvalue weighted by Crippen LogP contribution is -2.45. The molecular formula is C29H26O2. The highest BCUT2D eigenvalue weighted by atomic mass is 16.6. The van der Waals surface area contributed by atoms with Crippen LogP contribution in [-0.4, -0.2) is 6.61 Å². The van der Waals surface area contributed by atoms with Crippen LogP contribution in [0.1, 0.15) is 35.3 Å². The highest BCUT2D eigenvalue weighted by molar-refractivity contribution is 5.50. The SMILES string of the molecule is CCOC(c1ccccc1)(c1ccccc1)C1(c2ccccc2)OC1c1ccccc1. The Labute approximate surface area is 184 Å². The van der Waals surface area contributed by atoms with Crippen molar-refractivity contribution >= 4 is 0 Å². The van der Waals surface area contributed by atoms with Gasteiger partial charge in [-0.2, -0.15) is 0 Å². The molecule has 0 amide bonds. The molecule has 5 rings (SSSR count). The van der Waals surface area contributed by atoms with Crippen LogP contribution in [0.4, 0.5) is 0 Å². The molecule has 31 heavy (non-hydrogen) atoms. The van der Waals surface area contributed by atoms with Gasteiger partial charge in [-0.05, 0) is 29.2 Å². The van der Waals surface area contributed by atoms with Crippen molar-refractivity contribution in [1.82, 2.24) is 0 Å². The first kappa shape index (κ1) is 19.7. The maximum absolute atomic E-state index is 6.81. The Morgan fingerprint density at radius 2 is 1.13 bits per heavy atom. The van der Waals surface area contributed by atoms with E-state index in [1.54, 1.807) is 0 Å². The molecule has 2 heteroatoms. The van der Waals surface area contributed by atoms with Gasteiger partial charge >= 0.3 is 0 Å². The van der Waals surface area contributed by atoms with E-state index in [0.717, 1.165) is 22.3 Å². The van der Waals surface area contributed by atoms with Gasteiger partial charge in [-0.3, -0.25) is 0 Å². The minimum atomic E-state index is -0.799. The number of rotatable bonds is 7. The summed E-state index contributed by atoms with van der Waals surface area (Å²) in [6.45, 7) is 2.61. The van der Waals surface area contributed by atoms with Crippen LogP contribution in [0.2, 0.25) is 0 Å². The third-order valence-electron chi connectivity index (χ3n) is 6.17. The van der Waals surface area contributed by atoms with E-state index in [9.17, 15) is 0 Å². The van der Waals surface area contributed by atoms with Crippen LogP contribution < -0.4 is 0 Å². The summed E-state index contributed by atoms with van der Waals surface area (Å²) in [5.74, 6) is 0. The van der Waals surface area contributed by atoms with Gasteiger partial charge in [0.15, 0.2) is 11.2 Å². The first-order valence-corrected chi connectivity index (χ1v) is 10.9. The molecule has 1 heterocycles. The Kier molecular flexibility index (Phi) is 5.19. The molecule has 4 aromatic carbocycles. The predicted octanol–water partition coefficient (Wildman–Crippen LogP) is 6.63. The van der Waals surface area contributed by atoms with E-state index in [4.69, 9.17) is 9.47 Å². The average Bonchev–Trinajstić information content (AvgIpc) is 3.62. The maximum Gasteiger partial charge on any atom is 0.161 e. The number of epoxide rings is 1. The fourth-order valence-corrected chi connectivity index (χ4v) is 4.89. The highest BCUT2D eigenvalue weighted by Crippen LogP contribution is 2.68. The standard InChI is InChI=1S/C29H26O2/c1-2-30-28(24-17-9-4-10-18-24,25-19-11-5-12-20-25)29(26-21-13-6-14-22-26)27(31-29)23-15-7-3-8-16-23/h3-22,27H,2H2,1H3. The molecule has 0 saturated carbocycles. The van der Waals surface area contributed by atoms with Gasteiger partial charge in [0.1, 0.15) is 6.10 Å². The van der Waals surface area contributed by atoms with Crippen LogP contribution in [0.25, 0.3) is 0 Å². The van der Waals surface area contributed by atoms with Crippen molar-refractivity contribution in [1.29, 1.82) is 0 Å². The van der Waals surface area contributed by atoms with Crippen LogP contribution in [0.15, 0.2) is 121 Å². The zero-order valence-corrected chi connectivity index (χ0v) is 17.6. The van der Waals surface area contributed by atoms with Crippen molar-refractivity contribution in [3.63, 3.8) is 0 Å². The summed E-state index contributed by atoms with van der Waals surface area (Å²) < 4.78 is 13.6. The van der Waals surface area contributed by atoms with Crippen LogP contribution in [0.3, 0.4) is 0 Å². The molecule has 2 atom stereocenters. The molecule has 4 aromatic rings. The molecule has 1 fully saturated rings. The smallest absolute Gasteiger partial charge is 0.161 e. The predicted molar refractivity (Wildman–Crippen MR) is 124 cm³/mol. The minimum absolute atomic E-state index is 0.122. The second-order valence-electron chi connectivity index (χ2n) is 7.86. The summed E-state index contributed by atoms with van der Waals surface area (Å²) in [7, 11) is 0. The van der Waals surface area contributed by atoms with Gasteiger partial charge in [-0.25, -0.2) is 0 Å². The van der Waals surface area contributed by atoms with Crippen LogP contribution in [0, 0.1) is 0 Å². The Bertz CT molecular complexity index is 1070. The molecule has 0 N–H and O–H groups in total. The lowest BCUT2D eigenvalue weighted by Gasteiger charge is -2.41. The molecular weight excluding hydrogens is 380 g/mol. The minimum Gasteiger partial charge on any atom is -0.362 e. The number of hydrogen-bond donors (Lipinski definition) is 0. The first-order chi connectivity index (χ1) is 15.3. The Hall–Kier alpha value is -3.20. The van der Waals surface area contributed by atoms with E-state index in [0.29, 0.717) is 6.61 Å². The van der Waals surface area contributed by atoms with Gasteiger partial charge in [0.05, 0.1) is 0 Å². The van der Waals surface area contributed by atoms with Crippen LogP contribution in [-0.2, 0) is 20.7 Å². The fourth-order valence-electron chi connectivity index (χ4n) is 4.89. The summed E-state index contributed by atoms with van der Waals surface area (Å²) in [6.07, 6.45) is -0.122. The van der Waals surface area contributed by atoms with Gasteiger partial charge in [-0.1, -0.05) is 121 Å². The summed E-state index contributed by atoms with van der Waals surface area (Å²) in [5, 5.41) is 0. The van der Waals surface area contributed by atoms with Crippen molar-refractivity contribution in [2.75, 3.05) is 6.61 Å². The summed E-state index contributed by atoms with van der Waals surface area (Å²) in [6, 6.07) is 42.0. The first-order valence-electron chi connectivity index (χ1n) is 10.9. The van der Waals surface area contributed by atoms with E-state index in [1.165, 1.54) is 0 Å². The number of hydrogen-bond acceptors (Lipinski definition) is 2. The normalized spacial score (nSPS) is 20.4. The van der Waals surface area contributed by atoms with E-state index in [2.05, 4.69) is 104 Å². The Morgan fingerprint density at radius 3 is 1.61 bits per heavy atom. The summed E-state index contributed by atoms with van der Waals surface area (Å²) in [4.78, 5) is 0. The van der Waals surface area contributed by atoms with Crippen molar-refractivity contribution < 1.29 is 9.47 Å². The average molecular weight is 407 g/mol. The second-order valence-corrected chi connectivity index (χ2v) is 7.86. The van der Waals surface area contributed by atoms with Gasteiger partial charge in [0.2, 0.25) is 0 Å². The molecule has 0 aromatic heterocycles. The molecule has 1 aliphatic heterocycles. The lowest BCUT2D eigenvalue weighted by molar-refractivity contribution is -0.0735. The second kappa shape index (κ2) is 8.14. The number of benzene rings is 4. The third kappa shape index (κ3) is 3.11. The quantitative estimate of drug-likeness (QED) is 0.321. The number of ether oxygens (including phenoxy) is 2. The zero-order chi connectivity index (χ0) is 21.2. The van der Waals surface area contributed by atoms with Crippen molar-refractivity contribution in [3.8, 4) is 0 Å². The Morgan fingerprint density at radius 1 is 0.677 bits per heavy atom. The molecule has 1 aliphatic rings. The molecule has 154 valence electrons. The largest absolute Gasteiger partial charge is 0.362 e. The van der Waals surface area contributed by atoms with Crippen molar-refractivity contribution in [2.24, 2.45) is 0 Å². The molecule has 2 nitrogen and oxygen atoms in total. The van der Waals surface area contributed by atoms with Crippen LogP contribution >= 0.6 is 0 Å². The van der Waals surface area contributed by atoms with E-state index in [-0.39, 0.29) is 6.10 Å². The van der Waals surface area contributed by atoms with E-state index < -0.39 is 11.2 Å². The summed E-state index contributed by atoms with van der Waals surface area (Å²) in [5.41, 5.74) is 2.96. The van der Waals surface area contributed by atoms with Crippen LogP contribution in [0.5, 0.6) is 0 Å². The molecule has 0 bridgehead atoms. The molecule has 0 radical (unpaired) electrons. The lowest BCUT2D eigenvalue weighted by atomic mass is 9.69. The van der Waals surface area contributed by atoms with Gasteiger partial charge in [-0.15, -0.1) is 0 Å². The molecule has 1 saturated heterocycles. The van der Waals surface area contributed by atoms with Crippen molar-refractivity contribution in [3.05, 3.63) is 144 Å². The molecule has 0 spiro atoms. The van der Waals surface area contributed by atoms with E-state index in [1.807, 2.05) is 24.3 Å². The summed E-state index contributed by atoms with van der Waals surface area (Å²) >= 11 is 0. The third-order valence-corrected chi connectivity index (χ3v) is 6.17. The van der Waals surface area contributed by atoms with Gasteiger partial charge in [0, 0.05) is 6.61 Å². The van der Waals surface area contributed by atoms with Gasteiger partial charge in [0.25, 0.3) is 0 Å². The van der Waals surface area contributed by atoms with E-state index >= 15 is 0 Å². The topological polar surface area (TPSA) is 21.8 Å². The molecule has 0 aliphatic carbocycles. The fraction of sp³-hybridized carbons (Fsp3) is 0.172. The van der Waals surface area contributed by atoms with Gasteiger partial charge < -0.3 is 9.47 Å². The maximum atomic E-state index is 6.81. The van der Waals surface area contributed by atoms with Crippen molar-refractivity contribution in [2.45, 2.75) is 24.2 Å². The highest BCUT2D eigenvalue weighted by Gasteiger charge is 2.72. The Balaban J connectivity index is 1.82. The zero-order valence-electron chi connectivity index (χ0n) is 17.6.